The Hall–Kier alpha value is -0.860. The van der Waals surface area contributed by atoms with E-state index in [9.17, 15) is 5.11 Å². The first-order valence-electron chi connectivity index (χ1n) is 5.56. The Bertz CT molecular complexity index is 219. The Morgan fingerprint density at radius 3 is 2.27 bits per heavy atom. The molecule has 0 aliphatic rings. The first-order chi connectivity index (χ1) is 7.22. The fourth-order valence-electron chi connectivity index (χ4n) is 1.04. The molecule has 2 heteroatoms. The SMILES string of the molecule is CC/C=C/C=C/C=C/C[C@H](O)[C@H](C)NC. The number of rotatable bonds is 7. The zero-order valence-electron chi connectivity index (χ0n) is 9.98. The Morgan fingerprint density at radius 1 is 1.13 bits per heavy atom. The van der Waals surface area contributed by atoms with Crippen LogP contribution in [0.4, 0.5) is 0 Å². The average Bonchev–Trinajstić information content (AvgIpc) is 2.26. The number of likely N-dealkylation sites (N-methyl/N-ethyl adjacent to an activating group) is 1. The maximum Gasteiger partial charge on any atom is 0.0724 e. The molecule has 0 aromatic rings. The van der Waals surface area contributed by atoms with Crippen molar-refractivity contribution in [1.82, 2.24) is 5.32 Å². The molecule has 0 radical (unpaired) electrons. The van der Waals surface area contributed by atoms with Crippen molar-refractivity contribution in [2.45, 2.75) is 38.8 Å². The predicted molar refractivity (Wildman–Crippen MR) is 66.9 cm³/mol. The molecule has 0 rings (SSSR count). The van der Waals surface area contributed by atoms with Gasteiger partial charge in [-0.1, -0.05) is 43.4 Å². The number of aliphatic hydroxyl groups excluding tert-OH is 1. The summed E-state index contributed by atoms with van der Waals surface area (Å²) in [7, 11) is 1.85. The molecule has 0 spiro atoms. The van der Waals surface area contributed by atoms with Gasteiger partial charge in [-0.25, -0.2) is 0 Å². The van der Waals surface area contributed by atoms with E-state index in [0.717, 1.165) is 6.42 Å². The predicted octanol–water partition coefficient (Wildman–Crippen LogP) is 2.42. The first-order valence-corrected chi connectivity index (χ1v) is 5.56. The van der Waals surface area contributed by atoms with E-state index in [0.29, 0.717) is 6.42 Å². The molecule has 0 heterocycles. The van der Waals surface area contributed by atoms with Gasteiger partial charge < -0.3 is 10.4 Å². The summed E-state index contributed by atoms with van der Waals surface area (Å²) in [6, 6.07) is 0.138. The smallest absolute Gasteiger partial charge is 0.0724 e. The summed E-state index contributed by atoms with van der Waals surface area (Å²) in [5, 5.41) is 12.6. The molecule has 2 N–H and O–H groups in total. The van der Waals surface area contributed by atoms with Gasteiger partial charge in [0.1, 0.15) is 0 Å². The third-order valence-corrected chi connectivity index (χ3v) is 2.25. The molecule has 0 unspecified atom stereocenters. The topological polar surface area (TPSA) is 32.3 Å². The molecular weight excluding hydrogens is 186 g/mol. The summed E-state index contributed by atoms with van der Waals surface area (Å²) in [4.78, 5) is 0. The molecule has 0 amide bonds. The number of hydrogen-bond donors (Lipinski definition) is 2. The highest BCUT2D eigenvalue weighted by atomic mass is 16.3. The van der Waals surface area contributed by atoms with Crippen molar-refractivity contribution in [3.63, 3.8) is 0 Å². The highest BCUT2D eigenvalue weighted by Gasteiger charge is 2.08. The van der Waals surface area contributed by atoms with E-state index in [2.05, 4.69) is 18.3 Å². The van der Waals surface area contributed by atoms with E-state index in [4.69, 9.17) is 0 Å². The molecule has 0 bridgehead atoms. The van der Waals surface area contributed by atoms with Crippen LogP contribution in [0.3, 0.4) is 0 Å². The van der Waals surface area contributed by atoms with Crippen LogP contribution in [0.2, 0.25) is 0 Å². The van der Waals surface area contributed by atoms with Gasteiger partial charge in [-0.15, -0.1) is 0 Å². The standard InChI is InChI=1S/C13H23NO/c1-4-5-6-7-8-9-10-11-13(15)12(2)14-3/h5-10,12-15H,4,11H2,1-3H3/b6-5+,8-7+,10-9+/t12-,13-/m0/s1. The van der Waals surface area contributed by atoms with E-state index < -0.39 is 0 Å². The largest absolute Gasteiger partial charge is 0.391 e. The second kappa shape index (κ2) is 9.69. The average molecular weight is 209 g/mol. The van der Waals surface area contributed by atoms with E-state index in [1.54, 1.807) is 0 Å². The third-order valence-electron chi connectivity index (χ3n) is 2.25. The van der Waals surface area contributed by atoms with E-state index in [-0.39, 0.29) is 12.1 Å². The molecule has 0 aromatic carbocycles. The summed E-state index contributed by atoms with van der Waals surface area (Å²) in [6.45, 7) is 4.08. The van der Waals surface area contributed by atoms with E-state index in [1.165, 1.54) is 0 Å². The molecule has 0 saturated carbocycles. The Labute approximate surface area is 93.4 Å². The quantitative estimate of drug-likeness (QED) is 0.631. The van der Waals surface area contributed by atoms with Gasteiger partial charge in [0.2, 0.25) is 0 Å². The molecule has 86 valence electrons. The van der Waals surface area contributed by atoms with Crippen molar-refractivity contribution in [2.24, 2.45) is 0 Å². The van der Waals surface area contributed by atoms with Crippen molar-refractivity contribution >= 4 is 0 Å². The van der Waals surface area contributed by atoms with Crippen LogP contribution >= 0.6 is 0 Å². The zero-order valence-corrected chi connectivity index (χ0v) is 9.98. The van der Waals surface area contributed by atoms with Crippen molar-refractivity contribution in [1.29, 1.82) is 0 Å². The highest BCUT2D eigenvalue weighted by Crippen LogP contribution is 1.99. The maximum atomic E-state index is 9.61. The zero-order chi connectivity index (χ0) is 11.5. The number of aliphatic hydroxyl groups is 1. The molecule has 2 nitrogen and oxygen atoms in total. The Balaban J connectivity index is 3.70. The van der Waals surface area contributed by atoms with Gasteiger partial charge in [-0.2, -0.15) is 0 Å². The lowest BCUT2D eigenvalue weighted by molar-refractivity contribution is 0.141. The summed E-state index contributed by atoms with van der Waals surface area (Å²) < 4.78 is 0. The fraction of sp³-hybridized carbons (Fsp3) is 0.538. The van der Waals surface area contributed by atoms with Crippen LogP contribution < -0.4 is 5.32 Å². The molecule has 0 fully saturated rings. The number of allylic oxidation sites excluding steroid dienone is 5. The van der Waals surface area contributed by atoms with Crippen molar-refractivity contribution in [3.05, 3.63) is 36.5 Å². The number of nitrogens with one attached hydrogen (secondary N) is 1. The van der Waals surface area contributed by atoms with E-state index >= 15 is 0 Å². The Kier molecular flexibility index (Phi) is 9.13. The van der Waals surface area contributed by atoms with Crippen LogP contribution in [0.1, 0.15) is 26.7 Å². The highest BCUT2D eigenvalue weighted by molar-refractivity contribution is 5.11. The number of hydrogen-bond acceptors (Lipinski definition) is 2. The van der Waals surface area contributed by atoms with Gasteiger partial charge in [0.15, 0.2) is 0 Å². The lowest BCUT2D eigenvalue weighted by Gasteiger charge is -2.15. The van der Waals surface area contributed by atoms with Crippen LogP contribution in [0.5, 0.6) is 0 Å². The normalized spacial score (nSPS) is 16.8. The second-order valence-electron chi connectivity index (χ2n) is 3.53. The maximum absolute atomic E-state index is 9.61. The van der Waals surface area contributed by atoms with Crippen LogP contribution in [-0.2, 0) is 0 Å². The van der Waals surface area contributed by atoms with Crippen molar-refractivity contribution in [2.75, 3.05) is 7.05 Å². The van der Waals surface area contributed by atoms with Crippen LogP contribution in [-0.4, -0.2) is 24.3 Å². The van der Waals surface area contributed by atoms with E-state index in [1.807, 2.05) is 44.4 Å². The Morgan fingerprint density at radius 2 is 1.73 bits per heavy atom. The van der Waals surface area contributed by atoms with Gasteiger partial charge >= 0.3 is 0 Å². The lowest BCUT2D eigenvalue weighted by Crippen LogP contribution is -2.34. The summed E-state index contributed by atoms with van der Waals surface area (Å²) >= 11 is 0. The van der Waals surface area contributed by atoms with Gasteiger partial charge in [0.05, 0.1) is 6.10 Å². The summed E-state index contributed by atoms with van der Waals surface area (Å²) in [6.07, 6.45) is 13.5. The fourth-order valence-corrected chi connectivity index (χ4v) is 1.04. The molecule has 0 aliphatic heterocycles. The van der Waals surface area contributed by atoms with Crippen LogP contribution in [0, 0.1) is 0 Å². The minimum Gasteiger partial charge on any atom is -0.391 e. The summed E-state index contributed by atoms with van der Waals surface area (Å²) in [5.41, 5.74) is 0. The molecule has 15 heavy (non-hydrogen) atoms. The lowest BCUT2D eigenvalue weighted by atomic mass is 10.1. The monoisotopic (exact) mass is 209 g/mol. The molecule has 0 aliphatic carbocycles. The molecule has 0 aromatic heterocycles. The molecule has 2 atom stereocenters. The van der Waals surface area contributed by atoms with Gasteiger partial charge in [0, 0.05) is 6.04 Å². The first kappa shape index (κ1) is 14.1. The minimum absolute atomic E-state index is 0.138. The van der Waals surface area contributed by atoms with Gasteiger partial charge in [0.25, 0.3) is 0 Å². The second-order valence-corrected chi connectivity index (χ2v) is 3.53. The van der Waals surface area contributed by atoms with Crippen LogP contribution in [0.25, 0.3) is 0 Å². The van der Waals surface area contributed by atoms with Crippen molar-refractivity contribution < 1.29 is 5.11 Å². The third kappa shape index (κ3) is 8.16. The molecular formula is C13H23NO. The minimum atomic E-state index is -0.314. The molecule has 0 saturated heterocycles. The van der Waals surface area contributed by atoms with Crippen LogP contribution in [0.15, 0.2) is 36.5 Å². The van der Waals surface area contributed by atoms with Crippen molar-refractivity contribution in [3.8, 4) is 0 Å². The summed E-state index contributed by atoms with van der Waals surface area (Å²) in [5.74, 6) is 0. The van der Waals surface area contributed by atoms with Gasteiger partial charge in [-0.05, 0) is 26.8 Å². The van der Waals surface area contributed by atoms with Gasteiger partial charge in [-0.3, -0.25) is 0 Å².